The maximum atomic E-state index is 12.4. The first-order chi connectivity index (χ1) is 13.2. The van der Waals surface area contributed by atoms with Crippen molar-refractivity contribution in [3.63, 3.8) is 0 Å². The number of amides is 1. The topological polar surface area (TPSA) is 93.1 Å². The van der Waals surface area contributed by atoms with E-state index in [4.69, 9.17) is 9.47 Å². The molecule has 1 aromatic rings. The average molecular weight is 391 g/mol. The van der Waals surface area contributed by atoms with Crippen molar-refractivity contribution in [1.29, 1.82) is 0 Å². The van der Waals surface area contributed by atoms with E-state index in [1.54, 1.807) is 20.8 Å². The Hall–Kier alpha value is -2.57. The third kappa shape index (κ3) is 6.55. The summed E-state index contributed by atoms with van der Waals surface area (Å²) in [7, 11) is 0. The van der Waals surface area contributed by atoms with Gasteiger partial charge in [-0.1, -0.05) is 30.3 Å². The van der Waals surface area contributed by atoms with Crippen LogP contribution >= 0.6 is 0 Å². The summed E-state index contributed by atoms with van der Waals surface area (Å²) in [6.07, 6.45) is 0.946. The maximum absolute atomic E-state index is 12.4. The predicted octanol–water partition coefficient (Wildman–Crippen LogP) is 3.61. The fourth-order valence-corrected chi connectivity index (χ4v) is 3.20. The van der Waals surface area contributed by atoms with Gasteiger partial charge in [0.1, 0.15) is 18.2 Å². The van der Waals surface area contributed by atoms with Crippen molar-refractivity contribution < 1.29 is 29.0 Å². The number of hydrogen-bond acceptors (Lipinski definition) is 5. The first kappa shape index (κ1) is 21.7. The van der Waals surface area contributed by atoms with Gasteiger partial charge in [-0.2, -0.15) is 0 Å². The van der Waals surface area contributed by atoms with Gasteiger partial charge in [-0.25, -0.2) is 9.59 Å². The van der Waals surface area contributed by atoms with Crippen molar-refractivity contribution >= 4 is 18.0 Å². The Balaban J connectivity index is 1.97. The number of carbonyl (C=O) groups excluding carboxylic acids is 2. The minimum absolute atomic E-state index is 0.180. The molecule has 7 nitrogen and oxygen atoms in total. The average Bonchev–Trinajstić information content (AvgIpc) is 2.58. The van der Waals surface area contributed by atoms with Crippen LogP contribution in [0.25, 0.3) is 0 Å². The summed E-state index contributed by atoms with van der Waals surface area (Å²) >= 11 is 0. The fourth-order valence-electron chi connectivity index (χ4n) is 3.20. The highest BCUT2D eigenvalue weighted by atomic mass is 16.6. The summed E-state index contributed by atoms with van der Waals surface area (Å²) in [5.74, 6) is -1.78. The lowest BCUT2D eigenvalue weighted by Gasteiger charge is -2.34. The molecular weight excluding hydrogens is 362 g/mol. The molecule has 0 bridgehead atoms. The molecule has 1 fully saturated rings. The van der Waals surface area contributed by atoms with E-state index in [-0.39, 0.29) is 31.5 Å². The van der Waals surface area contributed by atoms with E-state index in [9.17, 15) is 19.5 Å². The van der Waals surface area contributed by atoms with E-state index in [1.807, 2.05) is 30.3 Å². The van der Waals surface area contributed by atoms with Gasteiger partial charge in [-0.05, 0) is 52.0 Å². The Kier molecular flexibility index (Phi) is 7.43. The molecule has 0 aliphatic carbocycles. The van der Waals surface area contributed by atoms with Crippen molar-refractivity contribution in [1.82, 2.24) is 4.90 Å². The van der Waals surface area contributed by atoms with Crippen LogP contribution in [-0.4, -0.2) is 46.2 Å². The van der Waals surface area contributed by atoms with Gasteiger partial charge in [0.2, 0.25) is 0 Å². The number of ether oxygens (including phenoxy) is 2. The first-order valence-electron chi connectivity index (χ1n) is 9.60. The van der Waals surface area contributed by atoms with Crippen LogP contribution in [0.4, 0.5) is 4.79 Å². The molecule has 1 amide bonds. The maximum Gasteiger partial charge on any atom is 0.411 e. The first-order valence-corrected chi connectivity index (χ1v) is 9.60. The van der Waals surface area contributed by atoms with E-state index >= 15 is 0 Å². The van der Waals surface area contributed by atoms with Gasteiger partial charge in [0.25, 0.3) is 0 Å². The van der Waals surface area contributed by atoms with E-state index in [2.05, 4.69) is 0 Å². The van der Waals surface area contributed by atoms with Crippen LogP contribution in [0, 0.1) is 5.92 Å². The Labute approximate surface area is 165 Å². The molecule has 1 heterocycles. The molecule has 28 heavy (non-hydrogen) atoms. The van der Waals surface area contributed by atoms with Crippen LogP contribution < -0.4 is 0 Å². The smallest absolute Gasteiger partial charge is 0.411 e. The molecule has 0 spiro atoms. The molecular formula is C21H29NO6. The fraction of sp³-hybridized carbons (Fsp3) is 0.571. The van der Waals surface area contributed by atoms with Gasteiger partial charge in [0.15, 0.2) is 0 Å². The number of nitrogens with zero attached hydrogens (tertiary/aromatic N) is 1. The highest BCUT2D eigenvalue weighted by Gasteiger charge is 2.36. The molecule has 0 radical (unpaired) electrons. The summed E-state index contributed by atoms with van der Waals surface area (Å²) in [6, 6.07) is 8.39. The third-order valence-electron chi connectivity index (χ3n) is 4.59. The van der Waals surface area contributed by atoms with Crippen LogP contribution in [-0.2, 0) is 25.7 Å². The number of carboxylic acid groups (broad SMARTS) is 1. The lowest BCUT2D eigenvalue weighted by Crippen LogP contribution is -2.49. The third-order valence-corrected chi connectivity index (χ3v) is 4.59. The highest BCUT2D eigenvalue weighted by Crippen LogP contribution is 2.25. The van der Waals surface area contributed by atoms with Crippen molar-refractivity contribution in [2.75, 3.05) is 6.54 Å². The number of aliphatic carboxylic acids is 1. The number of rotatable bonds is 4. The summed E-state index contributed by atoms with van der Waals surface area (Å²) < 4.78 is 10.8. The standard InChI is InChI=1S/C21H29NO6/c1-21(2,3)28-20(26)22-13-7-10-16(11-12-17(22)18(23)24)19(25)27-14-15-8-5-4-6-9-15/h4-6,8-9,16-17H,7,10-14H2,1-3H3,(H,23,24). The number of carboxylic acids is 1. The van der Waals surface area contributed by atoms with Crippen molar-refractivity contribution in [2.24, 2.45) is 5.92 Å². The minimum Gasteiger partial charge on any atom is -0.480 e. The molecule has 1 aliphatic rings. The minimum atomic E-state index is -1.09. The summed E-state index contributed by atoms with van der Waals surface area (Å²) in [5.41, 5.74) is 0.202. The van der Waals surface area contributed by atoms with Gasteiger partial charge in [0, 0.05) is 6.54 Å². The number of carbonyl (C=O) groups is 3. The van der Waals surface area contributed by atoms with Crippen molar-refractivity contribution in [3.05, 3.63) is 35.9 Å². The number of likely N-dealkylation sites (tertiary alicyclic amines) is 1. The molecule has 1 aromatic carbocycles. The zero-order valence-corrected chi connectivity index (χ0v) is 16.7. The Bertz CT molecular complexity index is 682. The molecule has 7 heteroatoms. The lowest BCUT2D eigenvalue weighted by molar-refractivity contribution is -0.152. The summed E-state index contributed by atoms with van der Waals surface area (Å²) in [6.45, 7) is 5.65. The second kappa shape index (κ2) is 9.57. The molecule has 1 N–H and O–H groups in total. The van der Waals surface area contributed by atoms with Gasteiger partial charge in [-0.15, -0.1) is 0 Å². The van der Waals surface area contributed by atoms with E-state index in [0.717, 1.165) is 5.56 Å². The highest BCUT2D eigenvalue weighted by molar-refractivity contribution is 5.80. The normalized spacial score (nSPS) is 20.6. The number of benzene rings is 1. The molecule has 2 rings (SSSR count). The monoisotopic (exact) mass is 391 g/mol. The lowest BCUT2D eigenvalue weighted by atomic mass is 9.92. The number of esters is 1. The van der Waals surface area contributed by atoms with Gasteiger partial charge >= 0.3 is 18.0 Å². The van der Waals surface area contributed by atoms with Crippen LogP contribution in [0.5, 0.6) is 0 Å². The summed E-state index contributed by atoms with van der Waals surface area (Å²) in [4.78, 5) is 37.8. The molecule has 2 atom stereocenters. The molecule has 0 aromatic heterocycles. The zero-order chi connectivity index (χ0) is 20.7. The Morgan fingerprint density at radius 1 is 1.11 bits per heavy atom. The van der Waals surface area contributed by atoms with Gasteiger partial charge in [0.05, 0.1) is 5.92 Å². The second-order valence-corrected chi connectivity index (χ2v) is 8.04. The largest absolute Gasteiger partial charge is 0.480 e. The summed E-state index contributed by atoms with van der Waals surface area (Å²) in [5, 5.41) is 9.58. The SMILES string of the molecule is CC(C)(C)OC(=O)N1CCCC(C(=O)OCc2ccccc2)CCC1C(=O)O. The predicted molar refractivity (Wildman–Crippen MR) is 103 cm³/mol. The van der Waals surface area contributed by atoms with Crippen LogP contribution in [0.3, 0.4) is 0 Å². The van der Waals surface area contributed by atoms with Crippen LogP contribution in [0.1, 0.15) is 52.0 Å². The van der Waals surface area contributed by atoms with Crippen molar-refractivity contribution in [2.45, 2.75) is 64.7 Å². The van der Waals surface area contributed by atoms with E-state index < -0.39 is 23.7 Å². The number of hydrogen-bond donors (Lipinski definition) is 1. The van der Waals surface area contributed by atoms with E-state index in [1.165, 1.54) is 4.90 Å². The van der Waals surface area contributed by atoms with Gasteiger partial charge in [-0.3, -0.25) is 9.69 Å². The molecule has 1 aliphatic heterocycles. The zero-order valence-electron chi connectivity index (χ0n) is 16.7. The second-order valence-electron chi connectivity index (χ2n) is 8.04. The van der Waals surface area contributed by atoms with E-state index in [0.29, 0.717) is 19.3 Å². The van der Waals surface area contributed by atoms with Crippen LogP contribution in [0.15, 0.2) is 30.3 Å². The molecule has 2 unspecified atom stereocenters. The Morgan fingerprint density at radius 3 is 2.39 bits per heavy atom. The quantitative estimate of drug-likeness (QED) is 0.788. The van der Waals surface area contributed by atoms with Crippen LogP contribution in [0.2, 0.25) is 0 Å². The van der Waals surface area contributed by atoms with Crippen molar-refractivity contribution in [3.8, 4) is 0 Å². The Morgan fingerprint density at radius 2 is 1.79 bits per heavy atom. The van der Waals surface area contributed by atoms with Gasteiger partial charge < -0.3 is 14.6 Å². The molecule has 154 valence electrons. The molecule has 1 saturated heterocycles. The molecule has 0 saturated carbocycles.